The fraction of sp³-hybridized carbons (Fsp3) is 0.688. The lowest BCUT2D eigenvalue weighted by atomic mass is 10.1. The molecule has 3 nitrogen and oxygen atoms in total. The van der Waals surface area contributed by atoms with E-state index < -0.39 is 0 Å². The molecule has 0 aromatic carbocycles. The highest BCUT2D eigenvalue weighted by atomic mass is 15.1. The van der Waals surface area contributed by atoms with Crippen LogP contribution in [0.25, 0.3) is 0 Å². The molecule has 0 spiro atoms. The van der Waals surface area contributed by atoms with Crippen LogP contribution < -0.4 is 10.2 Å². The van der Waals surface area contributed by atoms with Gasteiger partial charge in [0.25, 0.3) is 0 Å². The van der Waals surface area contributed by atoms with E-state index >= 15 is 0 Å². The summed E-state index contributed by atoms with van der Waals surface area (Å²) in [6, 6.07) is 4.86. The molecule has 1 N–H and O–H groups in total. The van der Waals surface area contributed by atoms with Gasteiger partial charge in [0.15, 0.2) is 0 Å². The molecule has 0 amide bonds. The molecule has 1 unspecified atom stereocenters. The highest BCUT2D eigenvalue weighted by Gasteiger charge is 2.09. The van der Waals surface area contributed by atoms with Crippen molar-refractivity contribution in [3.8, 4) is 0 Å². The number of rotatable bonds is 8. The molecule has 0 radical (unpaired) electrons. The van der Waals surface area contributed by atoms with Crippen LogP contribution in [0.5, 0.6) is 0 Å². The highest BCUT2D eigenvalue weighted by Crippen LogP contribution is 2.17. The fourth-order valence-corrected chi connectivity index (χ4v) is 2.14. The topological polar surface area (TPSA) is 28.2 Å². The Bertz CT molecular complexity index is 363. The summed E-state index contributed by atoms with van der Waals surface area (Å²) in [6.45, 7) is 10.8. The van der Waals surface area contributed by atoms with Gasteiger partial charge in [0, 0.05) is 31.5 Å². The van der Waals surface area contributed by atoms with Crippen LogP contribution >= 0.6 is 0 Å². The van der Waals surface area contributed by atoms with E-state index in [9.17, 15) is 0 Å². The summed E-state index contributed by atoms with van der Waals surface area (Å²) in [5, 5.41) is 3.44. The lowest BCUT2D eigenvalue weighted by Crippen LogP contribution is -2.28. The molecule has 3 heteroatoms. The summed E-state index contributed by atoms with van der Waals surface area (Å²) >= 11 is 0. The first-order valence-corrected chi connectivity index (χ1v) is 7.43. The molecule has 108 valence electrons. The molecule has 0 aliphatic rings. The zero-order valence-corrected chi connectivity index (χ0v) is 13.1. The van der Waals surface area contributed by atoms with Crippen LogP contribution in [-0.2, 0) is 6.54 Å². The third-order valence-electron chi connectivity index (χ3n) is 3.43. The van der Waals surface area contributed by atoms with Gasteiger partial charge in [-0.1, -0.05) is 27.2 Å². The van der Waals surface area contributed by atoms with Crippen LogP contribution in [0, 0.1) is 5.92 Å². The lowest BCUT2D eigenvalue weighted by Gasteiger charge is -2.27. The summed E-state index contributed by atoms with van der Waals surface area (Å²) < 4.78 is 0. The Kier molecular flexibility index (Phi) is 6.85. The van der Waals surface area contributed by atoms with Crippen molar-refractivity contribution in [3.05, 3.63) is 24.0 Å². The van der Waals surface area contributed by atoms with Gasteiger partial charge in [0.05, 0.1) is 5.69 Å². The average molecular weight is 263 g/mol. The van der Waals surface area contributed by atoms with E-state index in [4.69, 9.17) is 0 Å². The van der Waals surface area contributed by atoms with Crippen molar-refractivity contribution in [1.82, 2.24) is 10.3 Å². The first kappa shape index (κ1) is 16.0. The van der Waals surface area contributed by atoms with Gasteiger partial charge in [-0.2, -0.15) is 0 Å². The van der Waals surface area contributed by atoms with Gasteiger partial charge >= 0.3 is 0 Å². The number of hydrogen-bond donors (Lipinski definition) is 1. The molecule has 1 heterocycles. The van der Waals surface area contributed by atoms with Crippen molar-refractivity contribution in [2.45, 2.75) is 53.1 Å². The summed E-state index contributed by atoms with van der Waals surface area (Å²) in [5.41, 5.74) is 2.38. The Morgan fingerprint density at radius 1 is 1.32 bits per heavy atom. The third kappa shape index (κ3) is 5.60. The molecule has 1 atom stereocenters. The number of nitrogens with one attached hydrogen (secondary N) is 1. The summed E-state index contributed by atoms with van der Waals surface area (Å²) in [7, 11) is 2.17. The second-order valence-corrected chi connectivity index (χ2v) is 5.78. The average Bonchev–Trinajstić information content (AvgIpc) is 2.38. The number of anilines is 1. The quantitative estimate of drug-likeness (QED) is 0.778. The van der Waals surface area contributed by atoms with Gasteiger partial charge in [0.1, 0.15) is 0 Å². The maximum atomic E-state index is 4.43. The van der Waals surface area contributed by atoms with Crippen molar-refractivity contribution in [2.24, 2.45) is 5.92 Å². The molecule has 0 aliphatic carbocycles. The maximum absolute atomic E-state index is 4.43. The van der Waals surface area contributed by atoms with Gasteiger partial charge in [-0.25, -0.2) is 0 Å². The van der Waals surface area contributed by atoms with E-state index in [1.54, 1.807) is 0 Å². The van der Waals surface area contributed by atoms with E-state index in [1.807, 2.05) is 6.20 Å². The van der Waals surface area contributed by atoms with Crippen molar-refractivity contribution in [1.29, 1.82) is 0 Å². The highest BCUT2D eigenvalue weighted by molar-refractivity contribution is 5.46. The molecule has 1 rings (SSSR count). The van der Waals surface area contributed by atoms with Crippen molar-refractivity contribution < 1.29 is 0 Å². The van der Waals surface area contributed by atoms with Crippen molar-refractivity contribution in [3.63, 3.8) is 0 Å². The minimum Gasteiger partial charge on any atom is -0.372 e. The van der Waals surface area contributed by atoms with Crippen LogP contribution in [0.1, 0.15) is 46.2 Å². The van der Waals surface area contributed by atoms with E-state index in [0.717, 1.165) is 18.8 Å². The van der Waals surface area contributed by atoms with Crippen molar-refractivity contribution in [2.75, 3.05) is 18.5 Å². The zero-order chi connectivity index (χ0) is 14.3. The molecular formula is C16H29N3. The Morgan fingerprint density at radius 2 is 2.05 bits per heavy atom. The van der Waals surface area contributed by atoms with Gasteiger partial charge in [-0.15, -0.1) is 0 Å². The number of hydrogen-bond acceptors (Lipinski definition) is 3. The zero-order valence-electron chi connectivity index (χ0n) is 13.1. The first-order chi connectivity index (χ1) is 9.04. The van der Waals surface area contributed by atoms with Gasteiger partial charge < -0.3 is 10.2 Å². The summed E-state index contributed by atoms with van der Waals surface area (Å²) in [4.78, 5) is 6.78. The van der Waals surface area contributed by atoms with Crippen molar-refractivity contribution >= 4 is 5.69 Å². The van der Waals surface area contributed by atoms with Crippen LogP contribution in [0.2, 0.25) is 0 Å². The molecule has 0 aliphatic heterocycles. The standard InChI is InChI=1S/C16H29N3/c1-6-7-14(4)19(5)16-8-9-18-15(10-16)12-17-11-13(2)3/h8-10,13-14,17H,6-7,11-12H2,1-5H3. The summed E-state index contributed by atoms with van der Waals surface area (Å²) in [6.07, 6.45) is 4.36. The van der Waals surface area contributed by atoms with Crippen LogP contribution in [0.3, 0.4) is 0 Å². The normalized spacial score (nSPS) is 12.7. The molecule has 0 bridgehead atoms. The van der Waals surface area contributed by atoms with E-state index in [2.05, 4.69) is 62.1 Å². The predicted octanol–water partition coefficient (Wildman–Crippen LogP) is 3.45. The Hall–Kier alpha value is -1.09. The molecule has 0 saturated carbocycles. The molecule has 0 fully saturated rings. The monoisotopic (exact) mass is 263 g/mol. The SMILES string of the molecule is CCCC(C)N(C)c1ccnc(CNCC(C)C)c1. The minimum absolute atomic E-state index is 0.573. The Morgan fingerprint density at radius 3 is 2.68 bits per heavy atom. The second kappa shape index (κ2) is 8.16. The predicted molar refractivity (Wildman–Crippen MR) is 83.6 cm³/mol. The largest absolute Gasteiger partial charge is 0.372 e. The van der Waals surface area contributed by atoms with Crippen LogP contribution in [0.15, 0.2) is 18.3 Å². The fourth-order valence-electron chi connectivity index (χ4n) is 2.14. The lowest BCUT2D eigenvalue weighted by molar-refractivity contribution is 0.548. The summed E-state index contributed by atoms with van der Waals surface area (Å²) in [5.74, 6) is 0.676. The number of aromatic nitrogens is 1. The number of pyridine rings is 1. The molecule has 1 aromatic rings. The molecule has 0 saturated heterocycles. The van der Waals surface area contributed by atoms with Gasteiger partial charge in [0.2, 0.25) is 0 Å². The van der Waals surface area contributed by atoms with Gasteiger partial charge in [-0.05, 0) is 37.9 Å². The first-order valence-electron chi connectivity index (χ1n) is 7.43. The smallest absolute Gasteiger partial charge is 0.0562 e. The maximum Gasteiger partial charge on any atom is 0.0562 e. The Balaban J connectivity index is 2.60. The van der Waals surface area contributed by atoms with Gasteiger partial charge in [-0.3, -0.25) is 4.98 Å². The Labute approximate surface area is 118 Å². The third-order valence-corrected chi connectivity index (χ3v) is 3.43. The van der Waals surface area contributed by atoms with E-state index in [1.165, 1.54) is 18.5 Å². The number of nitrogens with zero attached hydrogens (tertiary/aromatic N) is 2. The second-order valence-electron chi connectivity index (χ2n) is 5.78. The molecule has 1 aromatic heterocycles. The molecule has 19 heavy (non-hydrogen) atoms. The van der Waals surface area contributed by atoms with Crippen LogP contribution in [-0.4, -0.2) is 24.6 Å². The van der Waals surface area contributed by atoms with Crippen LogP contribution in [0.4, 0.5) is 5.69 Å². The van der Waals surface area contributed by atoms with E-state index in [0.29, 0.717) is 12.0 Å². The molecular weight excluding hydrogens is 234 g/mol. The van der Waals surface area contributed by atoms with E-state index in [-0.39, 0.29) is 0 Å². The minimum atomic E-state index is 0.573.